The van der Waals surface area contributed by atoms with Crippen LogP contribution in [0.3, 0.4) is 0 Å². The molecule has 0 saturated carbocycles. The van der Waals surface area contributed by atoms with Gasteiger partial charge in [0.1, 0.15) is 5.69 Å². The largest absolute Gasteiger partial charge is 0.346 e. The summed E-state index contributed by atoms with van der Waals surface area (Å²) in [6.07, 6.45) is 0. The number of aromatic nitrogens is 2. The summed E-state index contributed by atoms with van der Waals surface area (Å²) >= 11 is 0. The van der Waals surface area contributed by atoms with Gasteiger partial charge in [-0.3, -0.25) is 19.0 Å². The Labute approximate surface area is 203 Å². The van der Waals surface area contributed by atoms with E-state index in [2.05, 4.69) is 10.0 Å². The minimum Gasteiger partial charge on any atom is -0.346 e. The van der Waals surface area contributed by atoms with Gasteiger partial charge in [-0.15, -0.1) is 0 Å². The zero-order valence-corrected chi connectivity index (χ0v) is 20.4. The Bertz CT molecular complexity index is 1510. The predicted octanol–water partition coefficient (Wildman–Crippen LogP) is 3.78. The van der Waals surface area contributed by atoms with Crippen LogP contribution in [0.25, 0.3) is 5.69 Å². The van der Waals surface area contributed by atoms with Crippen LogP contribution in [0.4, 0.5) is 5.69 Å². The predicted molar refractivity (Wildman–Crippen MR) is 135 cm³/mol. The molecule has 2 N–H and O–H groups in total. The molecule has 3 aromatic carbocycles. The van der Waals surface area contributed by atoms with Gasteiger partial charge in [0.2, 0.25) is 0 Å². The molecule has 35 heavy (non-hydrogen) atoms. The summed E-state index contributed by atoms with van der Waals surface area (Å²) in [5.74, 6) is -0.317. The van der Waals surface area contributed by atoms with Gasteiger partial charge in [-0.05, 0) is 55.8 Å². The maximum absolute atomic E-state index is 13.0. The highest BCUT2D eigenvalue weighted by Gasteiger charge is 2.23. The molecule has 4 rings (SSSR count). The smallest absolute Gasteiger partial charge is 0.296 e. The molecule has 0 spiro atoms. The Kier molecular flexibility index (Phi) is 6.61. The zero-order chi connectivity index (χ0) is 25.2. The summed E-state index contributed by atoms with van der Waals surface area (Å²) in [6, 6.07) is 23.9. The number of nitrogens with one attached hydrogen (secondary N) is 2. The van der Waals surface area contributed by atoms with Crippen LogP contribution >= 0.6 is 0 Å². The van der Waals surface area contributed by atoms with Gasteiger partial charge in [-0.2, -0.15) is 0 Å². The number of hydrogen-bond donors (Lipinski definition) is 2. The normalized spacial score (nSPS) is 12.2. The molecule has 0 aliphatic carbocycles. The number of sulfonamides is 1. The molecule has 0 fully saturated rings. The van der Waals surface area contributed by atoms with Crippen LogP contribution < -0.4 is 15.6 Å². The van der Waals surface area contributed by atoms with E-state index in [9.17, 15) is 18.0 Å². The van der Waals surface area contributed by atoms with Crippen molar-refractivity contribution in [1.82, 2.24) is 14.7 Å². The second-order valence-electron chi connectivity index (χ2n) is 8.17. The number of nitrogens with zero attached hydrogens (tertiary/aromatic N) is 2. The van der Waals surface area contributed by atoms with Gasteiger partial charge in [-0.25, -0.2) is 13.1 Å². The van der Waals surface area contributed by atoms with E-state index in [4.69, 9.17) is 0 Å². The van der Waals surface area contributed by atoms with Crippen molar-refractivity contribution < 1.29 is 13.2 Å². The molecular weight excluding hydrogens is 464 g/mol. The fourth-order valence-corrected chi connectivity index (χ4v) is 4.89. The maximum atomic E-state index is 13.0. The first-order valence-electron chi connectivity index (χ1n) is 11.0. The van der Waals surface area contributed by atoms with Crippen molar-refractivity contribution in [3.05, 3.63) is 112 Å². The average molecular weight is 491 g/mol. The maximum Gasteiger partial charge on any atom is 0.296 e. The van der Waals surface area contributed by atoms with Gasteiger partial charge in [0, 0.05) is 12.6 Å². The van der Waals surface area contributed by atoms with Crippen molar-refractivity contribution in [2.45, 2.75) is 24.8 Å². The first kappa shape index (κ1) is 24.0. The van der Waals surface area contributed by atoms with Crippen LogP contribution in [-0.4, -0.2) is 23.7 Å². The van der Waals surface area contributed by atoms with Gasteiger partial charge in [0.15, 0.2) is 0 Å². The highest BCUT2D eigenvalue weighted by atomic mass is 32.2. The average Bonchev–Trinajstić information content (AvgIpc) is 3.07. The fourth-order valence-electron chi connectivity index (χ4n) is 3.77. The lowest BCUT2D eigenvalue weighted by Gasteiger charge is -2.14. The van der Waals surface area contributed by atoms with Crippen LogP contribution in [-0.2, 0) is 17.1 Å². The summed E-state index contributed by atoms with van der Waals surface area (Å²) in [7, 11) is -2.37. The van der Waals surface area contributed by atoms with Crippen LogP contribution in [0.5, 0.6) is 0 Å². The standard InChI is InChI=1S/C26H26N4O4S/c1-18(20-10-6-4-7-11-20)27-25(31)21-14-16-23(17-15-21)35(33,34)28-24-19(2)29(3)30(26(24)32)22-12-8-5-9-13-22/h4-18,28H,1-3H3,(H,27,31)/t18-/m1/s1. The van der Waals surface area contributed by atoms with Crippen LogP contribution in [0, 0.1) is 6.92 Å². The third-order valence-corrected chi connectivity index (χ3v) is 7.23. The number of carbonyl (C=O) groups excluding carboxylic acids is 1. The quantitative estimate of drug-likeness (QED) is 0.412. The van der Waals surface area contributed by atoms with E-state index < -0.39 is 15.6 Å². The van der Waals surface area contributed by atoms with E-state index >= 15 is 0 Å². The van der Waals surface area contributed by atoms with Crippen molar-refractivity contribution in [2.24, 2.45) is 7.05 Å². The highest BCUT2D eigenvalue weighted by Crippen LogP contribution is 2.20. The lowest BCUT2D eigenvalue weighted by atomic mass is 10.1. The van der Waals surface area contributed by atoms with Crippen molar-refractivity contribution in [1.29, 1.82) is 0 Å². The van der Waals surface area contributed by atoms with E-state index in [1.165, 1.54) is 28.9 Å². The Morgan fingerprint density at radius 1 is 0.886 bits per heavy atom. The second kappa shape index (κ2) is 9.63. The Balaban J connectivity index is 1.54. The molecule has 0 unspecified atom stereocenters. The number of rotatable bonds is 7. The third-order valence-electron chi connectivity index (χ3n) is 5.86. The van der Waals surface area contributed by atoms with Gasteiger partial charge in [0.25, 0.3) is 21.5 Å². The molecule has 4 aromatic rings. The van der Waals surface area contributed by atoms with Crippen LogP contribution in [0.2, 0.25) is 0 Å². The number of para-hydroxylation sites is 1. The molecule has 1 atom stereocenters. The third kappa shape index (κ3) is 4.90. The fraction of sp³-hybridized carbons (Fsp3) is 0.154. The molecule has 1 heterocycles. The number of carbonyl (C=O) groups is 1. The first-order chi connectivity index (χ1) is 16.7. The zero-order valence-electron chi connectivity index (χ0n) is 19.6. The SMILES string of the molecule is Cc1c(NS(=O)(=O)c2ccc(C(=O)N[C@H](C)c3ccccc3)cc2)c(=O)n(-c2ccccc2)n1C. The molecule has 0 aliphatic heterocycles. The van der Waals surface area contributed by atoms with Crippen molar-refractivity contribution >= 4 is 21.6 Å². The lowest BCUT2D eigenvalue weighted by molar-refractivity contribution is 0.0940. The monoisotopic (exact) mass is 490 g/mol. The minimum atomic E-state index is -4.06. The number of anilines is 1. The molecule has 1 amide bonds. The summed E-state index contributed by atoms with van der Waals surface area (Å²) in [5.41, 5.74) is 1.86. The van der Waals surface area contributed by atoms with Crippen molar-refractivity contribution in [3.8, 4) is 5.69 Å². The van der Waals surface area contributed by atoms with Crippen molar-refractivity contribution in [3.63, 3.8) is 0 Å². The van der Waals surface area contributed by atoms with E-state index in [1.807, 2.05) is 43.3 Å². The molecule has 0 aliphatic rings. The number of amides is 1. The molecular formula is C26H26N4O4S. The van der Waals surface area contributed by atoms with E-state index in [0.717, 1.165) is 5.56 Å². The van der Waals surface area contributed by atoms with Crippen molar-refractivity contribution in [2.75, 3.05) is 4.72 Å². The summed E-state index contributed by atoms with van der Waals surface area (Å²) in [5, 5.41) is 2.90. The second-order valence-corrected chi connectivity index (χ2v) is 9.85. The Hall–Kier alpha value is -4.11. The topological polar surface area (TPSA) is 102 Å². The van der Waals surface area contributed by atoms with Crippen LogP contribution in [0.1, 0.15) is 34.6 Å². The van der Waals surface area contributed by atoms with Crippen LogP contribution in [0.15, 0.2) is 94.6 Å². The molecule has 1 aromatic heterocycles. The molecule has 0 radical (unpaired) electrons. The van der Waals surface area contributed by atoms with E-state index in [0.29, 0.717) is 16.9 Å². The highest BCUT2D eigenvalue weighted by molar-refractivity contribution is 7.92. The molecule has 0 bridgehead atoms. The molecule has 8 nitrogen and oxygen atoms in total. The summed E-state index contributed by atoms with van der Waals surface area (Å²) in [6.45, 7) is 3.54. The lowest BCUT2D eigenvalue weighted by Crippen LogP contribution is -2.26. The molecule has 180 valence electrons. The van der Waals surface area contributed by atoms with Gasteiger partial charge >= 0.3 is 0 Å². The number of benzene rings is 3. The van der Waals surface area contributed by atoms with E-state index in [1.54, 1.807) is 42.9 Å². The first-order valence-corrected chi connectivity index (χ1v) is 12.5. The molecule has 0 saturated heterocycles. The summed E-state index contributed by atoms with van der Waals surface area (Å²) in [4.78, 5) is 25.6. The Morgan fingerprint density at radius 2 is 1.46 bits per heavy atom. The summed E-state index contributed by atoms with van der Waals surface area (Å²) < 4.78 is 31.5. The Morgan fingerprint density at radius 3 is 2.06 bits per heavy atom. The van der Waals surface area contributed by atoms with Gasteiger partial charge in [-0.1, -0.05) is 48.5 Å². The number of hydrogen-bond acceptors (Lipinski definition) is 4. The van der Waals surface area contributed by atoms with Gasteiger partial charge < -0.3 is 5.32 Å². The van der Waals surface area contributed by atoms with Gasteiger partial charge in [0.05, 0.1) is 22.3 Å². The van der Waals surface area contributed by atoms with E-state index in [-0.39, 0.29) is 22.5 Å². The minimum absolute atomic E-state index is 0.0325. The molecule has 9 heteroatoms.